The van der Waals surface area contributed by atoms with Crippen LogP contribution in [0.4, 0.5) is 0 Å². The number of benzene rings is 1. The predicted octanol–water partition coefficient (Wildman–Crippen LogP) is 3.08. The fourth-order valence-electron chi connectivity index (χ4n) is 3.27. The van der Waals surface area contributed by atoms with Gasteiger partial charge in [0.25, 0.3) is 0 Å². The maximum atomic E-state index is 3.86. The molecule has 1 fully saturated rings. The van der Waals surface area contributed by atoms with Gasteiger partial charge in [0.05, 0.1) is 0 Å². The summed E-state index contributed by atoms with van der Waals surface area (Å²) >= 11 is 0. The number of rotatable bonds is 2. The Morgan fingerprint density at radius 1 is 0.875 bits per heavy atom. The molecule has 2 aliphatic rings. The van der Waals surface area contributed by atoms with E-state index < -0.39 is 0 Å². The van der Waals surface area contributed by atoms with Crippen LogP contribution in [0.1, 0.15) is 43.2 Å². The third kappa shape index (κ3) is 2.15. The first-order valence-corrected chi connectivity index (χ1v) is 6.74. The van der Waals surface area contributed by atoms with Crippen LogP contribution in [-0.4, -0.2) is 12.1 Å². The second kappa shape index (κ2) is 4.58. The average molecular weight is 215 g/mol. The van der Waals surface area contributed by atoms with E-state index in [9.17, 15) is 0 Å². The molecule has 0 bridgehead atoms. The quantitative estimate of drug-likeness (QED) is 0.799. The van der Waals surface area contributed by atoms with Gasteiger partial charge in [0.2, 0.25) is 0 Å². The smallest absolute Gasteiger partial charge is 0.0113 e. The summed E-state index contributed by atoms with van der Waals surface area (Å²) in [6.45, 7) is 0. The zero-order valence-corrected chi connectivity index (χ0v) is 9.91. The van der Waals surface area contributed by atoms with Crippen molar-refractivity contribution in [3.8, 4) is 0 Å². The maximum Gasteiger partial charge on any atom is 0.0113 e. The number of aryl methyl sites for hydroxylation is 1. The number of nitrogens with one attached hydrogen (secondary N) is 1. The lowest BCUT2D eigenvalue weighted by Gasteiger charge is -2.28. The lowest BCUT2D eigenvalue weighted by atomic mass is 9.88. The Bertz CT molecular complexity index is 352. The first-order chi connectivity index (χ1) is 7.92. The van der Waals surface area contributed by atoms with Crippen molar-refractivity contribution in [3.05, 3.63) is 35.4 Å². The normalized spacial score (nSPS) is 25.6. The van der Waals surface area contributed by atoms with Crippen LogP contribution in [-0.2, 0) is 12.8 Å². The molecular formula is C15H21N. The second-order valence-electron chi connectivity index (χ2n) is 5.36. The number of hydrogen-bond acceptors (Lipinski definition) is 1. The highest BCUT2D eigenvalue weighted by Crippen LogP contribution is 2.24. The zero-order chi connectivity index (χ0) is 10.8. The summed E-state index contributed by atoms with van der Waals surface area (Å²) in [4.78, 5) is 0. The van der Waals surface area contributed by atoms with Gasteiger partial charge < -0.3 is 5.32 Å². The fourth-order valence-corrected chi connectivity index (χ4v) is 3.27. The van der Waals surface area contributed by atoms with Gasteiger partial charge >= 0.3 is 0 Å². The fraction of sp³-hybridized carbons (Fsp3) is 0.600. The van der Waals surface area contributed by atoms with Gasteiger partial charge in [-0.2, -0.15) is 0 Å². The van der Waals surface area contributed by atoms with E-state index in [1.54, 1.807) is 11.1 Å². The molecule has 0 saturated heterocycles. The third-order valence-electron chi connectivity index (χ3n) is 4.17. The molecule has 3 rings (SSSR count). The first-order valence-electron chi connectivity index (χ1n) is 6.74. The van der Waals surface area contributed by atoms with Gasteiger partial charge in [-0.25, -0.2) is 0 Å². The molecule has 1 atom stereocenters. The third-order valence-corrected chi connectivity index (χ3v) is 4.17. The minimum atomic E-state index is 0.734. The van der Waals surface area contributed by atoms with E-state index in [2.05, 4.69) is 29.6 Å². The van der Waals surface area contributed by atoms with Crippen LogP contribution in [0.25, 0.3) is 0 Å². The Balaban J connectivity index is 1.63. The van der Waals surface area contributed by atoms with Gasteiger partial charge in [0, 0.05) is 12.1 Å². The molecule has 1 N–H and O–H groups in total. The van der Waals surface area contributed by atoms with Crippen molar-refractivity contribution in [1.82, 2.24) is 5.32 Å². The summed E-state index contributed by atoms with van der Waals surface area (Å²) in [5.74, 6) is 0. The Morgan fingerprint density at radius 2 is 1.62 bits per heavy atom. The summed E-state index contributed by atoms with van der Waals surface area (Å²) in [6.07, 6.45) is 9.50. The van der Waals surface area contributed by atoms with E-state index in [0.29, 0.717) is 0 Å². The summed E-state index contributed by atoms with van der Waals surface area (Å²) in [7, 11) is 0. The monoisotopic (exact) mass is 215 g/mol. The molecule has 0 spiro atoms. The molecule has 0 aliphatic heterocycles. The summed E-state index contributed by atoms with van der Waals surface area (Å²) in [5, 5.41) is 3.86. The summed E-state index contributed by atoms with van der Waals surface area (Å²) in [6, 6.07) is 10.5. The van der Waals surface area contributed by atoms with Crippen LogP contribution in [0.5, 0.6) is 0 Å². The van der Waals surface area contributed by atoms with Crippen molar-refractivity contribution in [2.45, 2.75) is 57.0 Å². The maximum absolute atomic E-state index is 3.86. The SMILES string of the molecule is c1ccc2c(c1)CCC(NC1CCCC1)C2. The Labute approximate surface area is 98.3 Å². The van der Waals surface area contributed by atoms with Gasteiger partial charge in [-0.05, 0) is 43.2 Å². The molecule has 1 heteroatoms. The van der Waals surface area contributed by atoms with Crippen LogP contribution in [0.2, 0.25) is 0 Å². The molecule has 0 radical (unpaired) electrons. The van der Waals surface area contributed by atoms with Crippen molar-refractivity contribution >= 4 is 0 Å². The predicted molar refractivity (Wildman–Crippen MR) is 67.6 cm³/mol. The molecular weight excluding hydrogens is 194 g/mol. The van der Waals surface area contributed by atoms with Gasteiger partial charge in [-0.15, -0.1) is 0 Å². The Kier molecular flexibility index (Phi) is 2.96. The lowest BCUT2D eigenvalue weighted by Crippen LogP contribution is -2.40. The van der Waals surface area contributed by atoms with Crippen LogP contribution in [0, 0.1) is 0 Å². The van der Waals surface area contributed by atoms with E-state index in [1.807, 2.05) is 0 Å². The molecule has 16 heavy (non-hydrogen) atoms. The molecule has 0 aromatic heterocycles. The number of hydrogen-bond donors (Lipinski definition) is 1. The molecule has 1 aromatic carbocycles. The van der Waals surface area contributed by atoms with Crippen LogP contribution in [0.3, 0.4) is 0 Å². The highest BCUT2D eigenvalue weighted by Gasteiger charge is 2.22. The minimum absolute atomic E-state index is 0.734. The van der Waals surface area contributed by atoms with Crippen LogP contribution < -0.4 is 5.32 Å². The topological polar surface area (TPSA) is 12.0 Å². The van der Waals surface area contributed by atoms with E-state index in [1.165, 1.54) is 44.9 Å². The van der Waals surface area contributed by atoms with Crippen molar-refractivity contribution in [3.63, 3.8) is 0 Å². The van der Waals surface area contributed by atoms with Gasteiger partial charge in [-0.3, -0.25) is 0 Å². The van der Waals surface area contributed by atoms with Gasteiger partial charge in [0.1, 0.15) is 0 Å². The molecule has 0 amide bonds. The number of fused-ring (bicyclic) bond motifs is 1. The first kappa shape index (κ1) is 10.3. The van der Waals surface area contributed by atoms with Gasteiger partial charge in [-0.1, -0.05) is 37.1 Å². The van der Waals surface area contributed by atoms with E-state index in [0.717, 1.165) is 12.1 Å². The van der Waals surface area contributed by atoms with E-state index in [-0.39, 0.29) is 0 Å². The van der Waals surface area contributed by atoms with E-state index in [4.69, 9.17) is 0 Å². The Hall–Kier alpha value is -0.820. The van der Waals surface area contributed by atoms with Crippen molar-refractivity contribution in [2.75, 3.05) is 0 Å². The molecule has 0 heterocycles. The molecule has 1 unspecified atom stereocenters. The highest BCUT2D eigenvalue weighted by molar-refractivity contribution is 5.30. The van der Waals surface area contributed by atoms with Crippen LogP contribution in [0.15, 0.2) is 24.3 Å². The molecule has 1 saturated carbocycles. The van der Waals surface area contributed by atoms with Gasteiger partial charge in [0.15, 0.2) is 0 Å². The summed E-state index contributed by atoms with van der Waals surface area (Å²) < 4.78 is 0. The Morgan fingerprint density at radius 3 is 2.44 bits per heavy atom. The molecule has 1 aromatic rings. The molecule has 1 nitrogen and oxygen atoms in total. The van der Waals surface area contributed by atoms with Crippen molar-refractivity contribution < 1.29 is 0 Å². The standard InChI is InChI=1S/C15H21N/c1-2-6-13-11-15(10-9-12(13)5-1)16-14-7-3-4-8-14/h1-2,5-6,14-16H,3-4,7-11H2. The van der Waals surface area contributed by atoms with Crippen molar-refractivity contribution in [1.29, 1.82) is 0 Å². The summed E-state index contributed by atoms with van der Waals surface area (Å²) in [5.41, 5.74) is 3.15. The van der Waals surface area contributed by atoms with Crippen molar-refractivity contribution in [2.24, 2.45) is 0 Å². The largest absolute Gasteiger partial charge is 0.311 e. The van der Waals surface area contributed by atoms with E-state index >= 15 is 0 Å². The highest BCUT2D eigenvalue weighted by atomic mass is 15.0. The zero-order valence-electron chi connectivity index (χ0n) is 9.91. The van der Waals surface area contributed by atoms with Crippen LogP contribution >= 0.6 is 0 Å². The average Bonchev–Trinajstić information content (AvgIpc) is 2.82. The molecule has 86 valence electrons. The second-order valence-corrected chi connectivity index (χ2v) is 5.36. The minimum Gasteiger partial charge on any atom is -0.311 e. The lowest BCUT2D eigenvalue weighted by molar-refractivity contribution is 0.396. The molecule has 2 aliphatic carbocycles.